The summed E-state index contributed by atoms with van der Waals surface area (Å²) in [7, 11) is 0. The molecule has 0 unspecified atom stereocenters. The SMILES string of the molecule is C=CCO/C(=C\C(=C)C(C)(C)c1cnc(C)o1)NC(=O)C(C)(C)NCCCC(F)(F)F. The van der Waals surface area contributed by atoms with Crippen molar-refractivity contribution < 1.29 is 27.1 Å². The molecule has 174 valence electrons. The molecule has 9 heteroatoms. The third-order valence-electron chi connectivity index (χ3n) is 4.71. The van der Waals surface area contributed by atoms with Crippen molar-refractivity contribution in [2.45, 2.75) is 64.6 Å². The molecule has 1 aromatic heterocycles. The number of nitrogens with one attached hydrogen (secondary N) is 2. The average Bonchev–Trinajstić information content (AvgIpc) is 3.09. The minimum atomic E-state index is -4.22. The van der Waals surface area contributed by atoms with E-state index in [-0.39, 0.29) is 25.5 Å². The summed E-state index contributed by atoms with van der Waals surface area (Å²) in [5.41, 5.74) is -1.15. The number of rotatable bonds is 12. The lowest BCUT2D eigenvalue weighted by molar-refractivity contribution is -0.135. The molecular formula is C22H32F3N3O3. The number of allylic oxidation sites excluding steroid dienone is 2. The van der Waals surface area contributed by atoms with Gasteiger partial charge in [-0.05, 0) is 46.2 Å². The highest BCUT2D eigenvalue weighted by Crippen LogP contribution is 2.32. The van der Waals surface area contributed by atoms with Gasteiger partial charge in [0.2, 0.25) is 5.91 Å². The predicted octanol–water partition coefficient (Wildman–Crippen LogP) is 4.69. The molecule has 0 aromatic carbocycles. The average molecular weight is 444 g/mol. The number of carbonyl (C=O) groups excluding carboxylic acids is 1. The molecule has 0 bridgehead atoms. The summed E-state index contributed by atoms with van der Waals surface area (Å²) in [6.45, 7) is 16.5. The minimum Gasteiger partial charge on any atom is -0.475 e. The van der Waals surface area contributed by atoms with Crippen LogP contribution in [0.15, 0.2) is 47.4 Å². The molecule has 0 spiro atoms. The van der Waals surface area contributed by atoms with E-state index in [1.165, 1.54) is 6.08 Å². The lowest BCUT2D eigenvalue weighted by Gasteiger charge is -2.27. The van der Waals surface area contributed by atoms with Crippen LogP contribution in [-0.2, 0) is 14.9 Å². The number of hydrogen-bond acceptors (Lipinski definition) is 5. The zero-order valence-corrected chi connectivity index (χ0v) is 18.8. The third kappa shape index (κ3) is 8.61. The molecule has 0 aliphatic heterocycles. The van der Waals surface area contributed by atoms with Gasteiger partial charge in [0.25, 0.3) is 0 Å². The number of amides is 1. The quantitative estimate of drug-likeness (QED) is 0.212. The Bertz CT molecular complexity index is 808. The number of aryl methyl sites for hydroxylation is 1. The molecule has 0 aliphatic rings. The van der Waals surface area contributed by atoms with Gasteiger partial charge in [-0.2, -0.15) is 13.2 Å². The number of nitrogens with zero attached hydrogens (tertiary/aromatic N) is 1. The van der Waals surface area contributed by atoms with Crippen molar-refractivity contribution in [3.8, 4) is 0 Å². The van der Waals surface area contributed by atoms with Crippen molar-refractivity contribution in [1.29, 1.82) is 0 Å². The van der Waals surface area contributed by atoms with Crippen LogP contribution in [0, 0.1) is 6.92 Å². The van der Waals surface area contributed by atoms with E-state index in [9.17, 15) is 18.0 Å². The number of carbonyl (C=O) groups is 1. The minimum absolute atomic E-state index is 0.0388. The molecule has 0 atom stereocenters. The first-order valence-corrected chi connectivity index (χ1v) is 9.90. The van der Waals surface area contributed by atoms with E-state index in [2.05, 4.69) is 28.8 Å². The van der Waals surface area contributed by atoms with Gasteiger partial charge in [-0.1, -0.05) is 19.2 Å². The van der Waals surface area contributed by atoms with Crippen LogP contribution in [0.25, 0.3) is 0 Å². The van der Waals surface area contributed by atoms with Gasteiger partial charge in [-0.3, -0.25) is 10.1 Å². The zero-order valence-electron chi connectivity index (χ0n) is 18.8. The Kier molecular flexibility index (Phi) is 9.10. The van der Waals surface area contributed by atoms with E-state index < -0.39 is 29.5 Å². The summed E-state index contributed by atoms with van der Waals surface area (Å²) in [5, 5.41) is 5.51. The van der Waals surface area contributed by atoms with Gasteiger partial charge in [0.1, 0.15) is 12.4 Å². The van der Waals surface area contributed by atoms with Gasteiger partial charge in [0.15, 0.2) is 11.8 Å². The number of ether oxygens (including phenoxy) is 1. The molecule has 1 rings (SSSR count). The molecular weight excluding hydrogens is 411 g/mol. The predicted molar refractivity (Wildman–Crippen MR) is 113 cm³/mol. The van der Waals surface area contributed by atoms with Crippen molar-refractivity contribution in [2.24, 2.45) is 0 Å². The molecule has 1 heterocycles. The molecule has 6 nitrogen and oxygen atoms in total. The second kappa shape index (κ2) is 10.7. The van der Waals surface area contributed by atoms with Gasteiger partial charge >= 0.3 is 6.18 Å². The van der Waals surface area contributed by atoms with Crippen LogP contribution in [0.4, 0.5) is 13.2 Å². The fraction of sp³-hybridized carbons (Fsp3) is 0.545. The summed E-state index contributed by atoms with van der Waals surface area (Å²) >= 11 is 0. The van der Waals surface area contributed by atoms with E-state index in [1.807, 2.05) is 13.8 Å². The molecule has 0 saturated carbocycles. The Hall–Kier alpha value is -2.55. The van der Waals surface area contributed by atoms with E-state index in [0.29, 0.717) is 17.2 Å². The topological polar surface area (TPSA) is 76.4 Å². The summed E-state index contributed by atoms with van der Waals surface area (Å²) < 4.78 is 48.1. The standard InChI is InChI=1S/C22H32F3N3O3/c1-8-12-30-18(13-15(2)20(4,5)17-14-26-16(3)31-17)28-19(29)21(6,7)27-11-9-10-22(23,24)25/h8,13-14,27H,1-2,9-12H2,3-7H3,(H,28,29)/b18-13-. The lowest BCUT2D eigenvalue weighted by atomic mass is 9.83. The number of alkyl halides is 3. The van der Waals surface area contributed by atoms with Crippen LogP contribution in [0.1, 0.15) is 52.2 Å². The van der Waals surface area contributed by atoms with E-state index in [4.69, 9.17) is 9.15 Å². The van der Waals surface area contributed by atoms with E-state index >= 15 is 0 Å². The summed E-state index contributed by atoms with van der Waals surface area (Å²) in [5.74, 6) is 0.808. The highest BCUT2D eigenvalue weighted by atomic mass is 19.4. The maximum atomic E-state index is 12.7. The van der Waals surface area contributed by atoms with Crippen LogP contribution in [-0.4, -0.2) is 35.8 Å². The maximum absolute atomic E-state index is 12.7. The fourth-order valence-corrected chi connectivity index (χ4v) is 2.45. The molecule has 2 N–H and O–H groups in total. The lowest BCUT2D eigenvalue weighted by Crippen LogP contribution is -2.52. The first-order chi connectivity index (χ1) is 14.2. The largest absolute Gasteiger partial charge is 0.475 e. The first-order valence-electron chi connectivity index (χ1n) is 9.90. The Balaban J connectivity index is 2.89. The Morgan fingerprint density at radius 3 is 2.45 bits per heavy atom. The van der Waals surface area contributed by atoms with Crippen LogP contribution >= 0.6 is 0 Å². The smallest absolute Gasteiger partial charge is 0.389 e. The molecule has 0 saturated heterocycles. The number of hydrogen-bond donors (Lipinski definition) is 2. The summed E-state index contributed by atoms with van der Waals surface area (Å²) in [6.07, 6.45) is -0.547. The van der Waals surface area contributed by atoms with Crippen LogP contribution in [0.5, 0.6) is 0 Å². The third-order valence-corrected chi connectivity index (χ3v) is 4.71. The van der Waals surface area contributed by atoms with Gasteiger partial charge in [0.05, 0.1) is 11.7 Å². The maximum Gasteiger partial charge on any atom is 0.389 e. The van der Waals surface area contributed by atoms with Crippen LogP contribution < -0.4 is 10.6 Å². The molecule has 0 radical (unpaired) electrons. The summed E-state index contributed by atoms with van der Waals surface area (Å²) in [4.78, 5) is 16.8. The van der Waals surface area contributed by atoms with Crippen molar-refractivity contribution in [3.05, 3.63) is 54.6 Å². The van der Waals surface area contributed by atoms with Crippen molar-refractivity contribution in [1.82, 2.24) is 15.6 Å². The number of aromatic nitrogens is 1. The normalized spacial score (nSPS) is 13.1. The molecule has 1 aromatic rings. The highest BCUT2D eigenvalue weighted by Gasteiger charge is 2.31. The monoisotopic (exact) mass is 443 g/mol. The second-order valence-corrected chi connectivity index (χ2v) is 8.23. The first kappa shape index (κ1) is 26.5. The molecule has 31 heavy (non-hydrogen) atoms. The second-order valence-electron chi connectivity index (χ2n) is 8.23. The van der Waals surface area contributed by atoms with Crippen LogP contribution in [0.2, 0.25) is 0 Å². The summed E-state index contributed by atoms with van der Waals surface area (Å²) in [6, 6.07) is 0. The van der Waals surface area contributed by atoms with Crippen molar-refractivity contribution in [3.63, 3.8) is 0 Å². The molecule has 0 fully saturated rings. The van der Waals surface area contributed by atoms with Crippen LogP contribution in [0.3, 0.4) is 0 Å². The Labute approximate surface area is 181 Å². The van der Waals surface area contributed by atoms with Gasteiger partial charge in [-0.25, -0.2) is 4.98 Å². The highest BCUT2D eigenvalue weighted by molar-refractivity contribution is 5.86. The van der Waals surface area contributed by atoms with E-state index in [1.54, 1.807) is 33.0 Å². The molecule has 1 amide bonds. The van der Waals surface area contributed by atoms with Crippen molar-refractivity contribution >= 4 is 5.91 Å². The van der Waals surface area contributed by atoms with Gasteiger partial charge in [0, 0.05) is 24.8 Å². The van der Waals surface area contributed by atoms with Crippen molar-refractivity contribution in [2.75, 3.05) is 13.2 Å². The fourth-order valence-electron chi connectivity index (χ4n) is 2.45. The Morgan fingerprint density at radius 1 is 1.29 bits per heavy atom. The van der Waals surface area contributed by atoms with E-state index in [0.717, 1.165) is 0 Å². The number of oxazole rings is 1. The molecule has 0 aliphatic carbocycles. The number of halogens is 3. The zero-order chi connectivity index (χ0) is 23.9. The van der Waals surface area contributed by atoms with Gasteiger partial charge in [-0.15, -0.1) is 0 Å². The van der Waals surface area contributed by atoms with Gasteiger partial charge < -0.3 is 14.5 Å². The Morgan fingerprint density at radius 2 is 1.94 bits per heavy atom.